The first-order chi connectivity index (χ1) is 6.19. The molecule has 0 fully saturated rings. The zero-order chi connectivity index (χ0) is 9.84. The van der Waals surface area contributed by atoms with Gasteiger partial charge in [0, 0.05) is 12.0 Å². The van der Waals surface area contributed by atoms with Crippen molar-refractivity contribution in [2.24, 2.45) is 0 Å². The van der Waals surface area contributed by atoms with Crippen molar-refractivity contribution in [2.75, 3.05) is 7.05 Å². The molecule has 1 N–H and O–H groups in total. The number of hydrogen-bond donors (Lipinski definition) is 1. The number of nitrogens with one attached hydrogen (secondary N) is 1. The highest BCUT2D eigenvalue weighted by atomic mass is 32.1. The van der Waals surface area contributed by atoms with E-state index in [0.29, 0.717) is 12.0 Å². The van der Waals surface area contributed by atoms with Crippen molar-refractivity contribution < 1.29 is 0 Å². The van der Waals surface area contributed by atoms with E-state index in [1.807, 2.05) is 14.0 Å². The molecule has 0 aliphatic rings. The Morgan fingerprint density at radius 3 is 2.62 bits per heavy atom. The second-order valence-corrected chi connectivity index (χ2v) is 4.06. The van der Waals surface area contributed by atoms with E-state index in [-0.39, 0.29) is 0 Å². The summed E-state index contributed by atoms with van der Waals surface area (Å²) >= 11 is 1.52. The number of hydrogen-bond acceptors (Lipinski definition) is 4. The second kappa shape index (κ2) is 4.67. The van der Waals surface area contributed by atoms with E-state index in [0.717, 1.165) is 17.3 Å². The van der Waals surface area contributed by atoms with Gasteiger partial charge < -0.3 is 5.32 Å². The molecule has 3 nitrogen and oxygen atoms in total. The van der Waals surface area contributed by atoms with Gasteiger partial charge in [-0.3, -0.25) is 0 Å². The molecular formula is C9H17N3S. The molecule has 4 heteroatoms. The first-order valence-corrected chi connectivity index (χ1v) is 5.43. The van der Waals surface area contributed by atoms with Crippen LogP contribution in [0.5, 0.6) is 0 Å². The third kappa shape index (κ3) is 2.48. The maximum atomic E-state index is 4.39. The van der Waals surface area contributed by atoms with Gasteiger partial charge in [-0.25, -0.2) is 4.98 Å². The van der Waals surface area contributed by atoms with Crippen LogP contribution in [0.15, 0.2) is 0 Å². The van der Waals surface area contributed by atoms with Crippen molar-refractivity contribution >= 4 is 11.5 Å². The van der Waals surface area contributed by atoms with Gasteiger partial charge in [-0.15, -0.1) is 0 Å². The Morgan fingerprint density at radius 1 is 1.54 bits per heavy atom. The Hall–Kier alpha value is -0.480. The van der Waals surface area contributed by atoms with Crippen LogP contribution in [-0.2, 0) is 0 Å². The lowest BCUT2D eigenvalue weighted by Crippen LogP contribution is -2.29. The molecule has 0 saturated heterocycles. The fraction of sp³-hybridized carbons (Fsp3) is 0.778. The van der Waals surface area contributed by atoms with Crippen LogP contribution in [0, 0.1) is 6.92 Å². The average Bonchev–Trinajstić information content (AvgIpc) is 2.54. The minimum absolute atomic E-state index is 0.459. The first-order valence-electron chi connectivity index (χ1n) is 4.66. The summed E-state index contributed by atoms with van der Waals surface area (Å²) in [5.41, 5.74) is 0. The van der Waals surface area contributed by atoms with Crippen molar-refractivity contribution in [3.8, 4) is 0 Å². The fourth-order valence-corrected chi connectivity index (χ4v) is 2.25. The normalized spacial score (nSPS) is 15.7. The van der Waals surface area contributed by atoms with Crippen LogP contribution in [0.3, 0.4) is 0 Å². The lowest BCUT2D eigenvalue weighted by molar-refractivity contribution is 0.471. The minimum Gasteiger partial charge on any atom is -0.316 e. The van der Waals surface area contributed by atoms with E-state index in [1.54, 1.807) is 0 Å². The van der Waals surface area contributed by atoms with Gasteiger partial charge in [0.2, 0.25) is 0 Å². The van der Waals surface area contributed by atoms with Crippen molar-refractivity contribution in [1.82, 2.24) is 14.7 Å². The van der Waals surface area contributed by atoms with E-state index in [9.17, 15) is 0 Å². The van der Waals surface area contributed by atoms with E-state index in [4.69, 9.17) is 0 Å². The Kier molecular flexibility index (Phi) is 3.81. The molecular weight excluding hydrogens is 182 g/mol. The molecule has 2 unspecified atom stereocenters. The molecule has 1 heterocycles. The van der Waals surface area contributed by atoms with Crippen LogP contribution in [-0.4, -0.2) is 22.4 Å². The average molecular weight is 199 g/mol. The highest BCUT2D eigenvalue weighted by molar-refractivity contribution is 7.05. The maximum Gasteiger partial charge on any atom is 0.139 e. The Labute approximate surface area is 83.8 Å². The number of aromatic nitrogens is 2. The first kappa shape index (κ1) is 10.6. The van der Waals surface area contributed by atoms with E-state index >= 15 is 0 Å². The third-order valence-electron chi connectivity index (χ3n) is 2.35. The molecule has 1 aromatic heterocycles. The number of rotatable bonds is 4. The number of aryl methyl sites for hydroxylation is 1. The van der Waals surface area contributed by atoms with Crippen molar-refractivity contribution in [3.05, 3.63) is 10.8 Å². The molecule has 0 aromatic carbocycles. The summed E-state index contributed by atoms with van der Waals surface area (Å²) in [6.45, 7) is 6.32. The monoisotopic (exact) mass is 199 g/mol. The number of likely N-dealkylation sites (N-methyl/N-ethyl adjacent to an activating group) is 1. The predicted octanol–water partition coefficient (Wildman–Crippen LogP) is 1.95. The van der Waals surface area contributed by atoms with Gasteiger partial charge >= 0.3 is 0 Å². The van der Waals surface area contributed by atoms with Crippen molar-refractivity contribution in [3.63, 3.8) is 0 Å². The van der Waals surface area contributed by atoms with Gasteiger partial charge in [0.25, 0.3) is 0 Å². The summed E-state index contributed by atoms with van der Waals surface area (Å²) in [5, 5.41) is 4.44. The molecule has 13 heavy (non-hydrogen) atoms. The Balaban J connectivity index is 2.71. The molecule has 2 atom stereocenters. The lowest BCUT2D eigenvalue weighted by atomic mass is 10.0. The summed E-state index contributed by atoms with van der Waals surface area (Å²) in [6.07, 6.45) is 1.12. The molecule has 0 aliphatic carbocycles. The summed E-state index contributed by atoms with van der Waals surface area (Å²) in [5.74, 6) is 1.35. The van der Waals surface area contributed by atoms with Gasteiger partial charge in [-0.05, 0) is 31.9 Å². The highest BCUT2D eigenvalue weighted by Crippen LogP contribution is 2.22. The summed E-state index contributed by atoms with van der Waals surface area (Å²) in [7, 11) is 2.00. The van der Waals surface area contributed by atoms with Crippen LogP contribution in [0.4, 0.5) is 0 Å². The lowest BCUT2D eigenvalue weighted by Gasteiger charge is -2.19. The molecule has 1 aromatic rings. The molecule has 0 bridgehead atoms. The quantitative estimate of drug-likeness (QED) is 0.805. The van der Waals surface area contributed by atoms with Gasteiger partial charge in [0.05, 0.1) is 0 Å². The topological polar surface area (TPSA) is 37.8 Å². The Bertz CT molecular complexity index is 255. The highest BCUT2D eigenvalue weighted by Gasteiger charge is 2.18. The Morgan fingerprint density at radius 2 is 2.23 bits per heavy atom. The SMILES string of the molecule is CCC(NC)C(C)c1nc(C)ns1. The van der Waals surface area contributed by atoms with E-state index in [1.165, 1.54) is 11.5 Å². The smallest absolute Gasteiger partial charge is 0.139 e. The predicted molar refractivity (Wildman–Crippen MR) is 56.2 cm³/mol. The third-order valence-corrected chi connectivity index (χ3v) is 3.35. The van der Waals surface area contributed by atoms with Crippen molar-refractivity contribution in [1.29, 1.82) is 0 Å². The minimum atomic E-state index is 0.459. The second-order valence-electron chi connectivity index (χ2n) is 3.27. The molecule has 1 rings (SSSR count). The van der Waals surface area contributed by atoms with Gasteiger partial charge in [-0.1, -0.05) is 13.8 Å². The zero-order valence-corrected chi connectivity index (χ0v) is 9.48. The van der Waals surface area contributed by atoms with Gasteiger partial charge in [0.15, 0.2) is 0 Å². The summed E-state index contributed by atoms with van der Waals surface area (Å²) in [6, 6.07) is 0.507. The molecule has 0 radical (unpaired) electrons. The summed E-state index contributed by atoms with van der Waals surface area (Å²) in [4.78, 5) is 4.39. The van der Waals surface area contributed by atoms with Crippen LogP contribution in [0.25, 0.3) is 0 Å². The van der Waals surface area contributed by atoms with Crippen LogP contribution < -0.4 is 5.32 Å². The molecule has 0 aliphatic heterocycles. The number of nitrogens with zero attached hydrogens (tertiary/aromatic N) is 2. The standard InChI is InChI=1S/C9H17N3S/c1-5-8(10-4)6(2)9-11-7(3)12-13-9/h6,8,10H,5H2,1-4H3. The van der Waals surface area contributed by atoms with Crippen molar-refractivity contribution in [2.45, 2.75) is 39.2 Å². The van der Waals surface area contributed by atoms with Crippen LogP contribution in [0.1, 0.15) is 37.0 Å². The fourth-order valence-electron chi connectivity index (χ4n) is 1.48. The van der Waals surface area contributed by atoms with Gasteiger partial charge in [0.1, 0.15) is 10.8 Å². The maximum absolute atomic E-state index is 4.39. The molecule has 0 spiro atoms. The molecule has 74 valence electrons. The van der Waals surface area contributed by atoms with Gasteiger partial charge in [-0.2, -0.15) is 4.37 Å². The van der Waals surface area contributed by atoms with Crippen LogP contribution >= 0.6 is 11.5 Å². The molecule has 0 amide bonds. The van der Waals surface area contributed by atoms with E-state index < -0.39 is 0 Å². The van der Waals surface area contributed by atoms with E-state index in [2.05, 4.69) is 28.5 Å². The zero-order valence-electron chi connectivity index (χ0n) is 8.66. The van der Waals surface area contributed by atoms with Crippen LogP contribution in [0.2, 0.25) is 0 Å². The summed E-state index contributed by atoms with van der Waals surface area (Å²) < 4.78 is 4.19. The largest absolute Gasteiger partial charge is 0.316 e. The molecule has 0 saturated carbocycles.